The lowest BCUT2D eigenvalue weighted by atomic mass is 10.00. The quantitative estimate of drug-likeness (QED) is 0.847. The average molecular weight is 352 g/mol. The Morgan fingerprint density at radius 3 is 2.85 bits per heavy atom. The van der Waals surface area contributed by atoms with Crippen LogP contribution in [-0.4, -0.2) is 6.54 Å². The van der Waals surface area contributed by atoms with Crippen LogP contribution in [0.15, 0.2) is 34.1 Å². The fraction of sp³-hybridized carbons (Fsp3) is 0.375. The van der Waals surface area contributed by atoms with Gasteiger partial charge in [0.05, 0.1) is 23.0 Å². The molecule has 3 rings (SSSR count). The zero-order chi connectivity index (χ0) is 13.9. The second-order valence-corrected chi connectivity index (χ2v) is 7.54. The van der Waals surface area contributed by atoms with Gasteiger partial charge in [-0.1, -0.05) is 25.1 Å². The first kappa shape index (κ1) is 14.3. The summed E-state index contributed by atoms with van der Waals surface area (Å²) in [5, 5.41) is 3.66. The van der Waals surface area contributed by atoms with E-state index < -0.39 is 0 Å². The lowest BCUT2D eigenvalue weighted by Gasteiger charge is -2.18. The van der Waals surface area contributed by atoms with Crippen LogP contribution in [-0.2, 0) is 18.0 Å². The van der Waals surface area contributed by atoms with Gasteiger partial charge in [0, 0.05) is 4.88 Å². The minimum atomic E-state index is 0.275. The molecule has 0 saturated heterocycles. The Morgan fingerprint density at radius 2 is 2.10 bits per heavy atom. The number of ether oxygens (including phenoxy) is 1. The molecule has 0 amide bonds. The molecule has 0 aliphatic carbocycles. The van der Waals surface area contributed by atoms with Crippen molar-refractivity contribution in [3.05, 3.63) is 55.7 Å². The van der Waals surface area contributed by atoms with Gasteiger partial charge in [0.2, 0.25) is 0 Å². The smallest absolute Gasteiger partial charge is 0.0725 e. The van der Waals surface area contributed by atoms with Gasteiger partial charge in [-0.3, -0.25) is 0 Å². The van der Waals surface area contributed by atoms with E-state index in [1.165, 1.54) is 25.4 Å². The van der Waals surface area contributed by atoms with Crippen LogP contribution in [0.3, 0.4) is 0 Å². The first-order valence-corrected chi connectivity index (χ1v) is 8.57. The maximum atomic E-state index is 5.52. The predicted molar refractivity (Wildman–Crippen MR) is 87.1 cm³/mol. The van der Waals surface area contributed by atoms with Crippen molar-refractivity contribution in [1.29, 1.82) is 0 Å². The topological polar surface area (TPSA) is 21.3 Å². The van der Waals surface area contributed by atoms with Crippen molar-refractivity contribution in [3.63, 3.8) is 0 Å². The molecule has 20 heavy (non-hydrogen) atoms. The molecule has 0 saturated carbocycles. The highest BCUT2D eigenvalue weighted by Crippen LogP contribution is 2.33. The molecule has 4 heteroatoms. The maximum Gasteiger partial charge on any atom is 0.0725 e. The summed E-state index contributed by atoms with van der Waals surface area (Å²) >= 11 is 5.36. The Bertz CT molecular complexity index is 596. The molecule has 0 radical (unpaired) electrons. The number of thiophene rings is 1. The molecule has 2 nitrogen and oxygen atoms in total. The van der Waals surface area contributed by atoms with Crippen molar-refractivity contribution in [2.45, 2.75) is 32.6 Å². The van der Waals surface area contributed by atoms with E-state index in [0.29, 0.717) is 0 Å². The summed E-state index contributed by atoms with van der Waals surface area (Å²) in [7, 11) is 0. The second-order valence-electron chi connectivity index (χ2n) is 5.05. The molecule has 1 aliphatic rings. The van der Waals surface area contributed by atoms with Gasteiger partial charge in [-0.05, 0) is 57.7 Å². The van der Waals surface area contributed by atoms with E-state index in [0.717, 1.165) is 26.2 Å². The second kappa shape index (κ2) is 6.39. The Morgan fingerprint density at radius 1 is 1.25 bits per heavy atom. The van der Waals surface area contributed by atoms with Crippen LogP contribution in [0, 0.1) is 0 Å². The normalized spacial score (nSPS) is 15.3. The van der Waals surface area contributed by atoms with Crippen LogP contribution in [0.25, 0.3) is 0 Å². The summed E-state index contributed by atoms with van der Waals surface area (Å²) in [5.74, 6) is 0. The Hall–Kier alpha value is -0.680. The van der Waals surface area contributed by atoms with Crippen molar-refractivity contribution in [2.75, 3.05) is 6.54 Å². The van der Waals surface area contributed by atoms with E-state index in [-0.39, 0.29) is 6.04 Å². The van der Waals surface area contributed by atoms with Crippen LogP contribution in [0.2, 0.25) is 0 Å². The maximum absolute atomic E-state index is 5.52. The van der Waals surface area contributed by atoms with Gasteiger partial charge < -0.3 is 10.1 Å². The Kier molecular flexibility index (Phi) is 4.56. The lowest BCUT2D eigenvalue weighted by Crippen LogP contribution is -2.22. The van der Waals surface area contributed by atoms with Gasteiger partial charge in [-0.2, -0.15) is 0 Å². The van der Waals surface area contributed by atoms with E-state index in [1.807, 2.05) is 0 Å². The van der Waals surface area contributed by atoms with Crippen LogP contribution in [0.4, 0.5) is 0 Å². The highest BCUT2D eigenvalue weighted by atomic mass is 79.9. The molecular formula is C16H18BrNOS. The zero-order valence-electron chi connectivity index (χ0n) is 11.5. The Balaban J connectivity index is 1.92. The van der Waals surface area contributed by atoms with Crippen molar-refractivity contribution in [3.8, 4) is 0 Å². The first-order valence-electron chi connectivity index (χ1n) is 6.96. The van der Waals surface area contributed by atoms with Crippen molar-refractivity contribution >= 4 is 27.3 Å². The van der Waals surface area contributed by atoms with Gasteiger partial charge in [0.1, 0.15) is 0 Å². The molecular weight excluding hydrogens is 334 g/mol. The predicted octanol–water partition coefficient (Wildman–Crippen LogP) is 4.63. The third kappa shape index (κ3) is 2.98. The molecule has 0 bridgehead atoms. The summed E-state index contributed by atoms with van der Waals surface area (Å²) in [6.45, 7) is 4.73. The van der Waals surface area contributed by atoms with E-state index >= 15 is 0 Å². The lowest BCUT2D eigenvalue weighted by molar-refractivity contribution is 0.134. The molecule has 1 atom stereocenters. The summed E-state index contributed by atoms with van der Waals surface area (Å²) in [6.07, 6.45) is 1.14. The van der Waals surface area contributed by atoms with E-state index in [9.17, 15) is 0 Å². The molecule has 1 aromatic carbocycles. The number of benzene rings is 1. The van der Waals surface area contributed by atoms with Crippen molar-refractivity contribution in [1.82, 2.24) is 5.32 Å². The van der Waals surface area contributed by atoms with Gasteiger partial charge in [0.25, 0.3) is 0 Å². The molecule has 1 aliphatic heterocycles. The van der Waals surface area contributed by atoms with E-state index in [4.69, 9.17) is 4.74 Å². The molecule has 2 heterocycles. The Labute approximate surface area is 132 Å². The average Bonchev–Trinajstić information content (AvgIpc) is 3.07. The number of halogens is 1. The van der Waals surface area contributed by atoms with Gasteiger partial charge >= 0.3 is 0 Å². The van der Waals surface area contributed by atoms with Crippen molar-refractivity contribution in [2.24, 2.45) is 0 Å². The van der Waals surface area contributed by atoms with E-state index in [2.05, 4.69) is 58.5 Å². The van der Waals surface area contributed by atoms with Gasteiger partial charge in [-0.25, -0.2) is 0 Å². The minimum Gasteiger partial charge on any atom is -0.372 e. The summed E-state index contributed by atoms with van der Waals surface area (Å²) < 4.78 is 6.70. The zero-order valence-corrected chi connectivity index (χ0v) is 13.9. The first-order chi connectivity index (χ1) is 9.78. The number of rotatable bonds is 5. The molecule has 1 N–H and O–H groups in total. The highest BCUT2D eigenvalue weighted by molar-refractivity contribution is 9.11. The largest absolute Gasteiger partial charge is 0.372 e. The van der Waals surface area contributed by atoms with Crippen LogP contribution >= 0.6 is 27.3 Å². The summed E-state index contributed by atoms with van der Waals surface area (Å²) in [4.78, 5) is 1.35. The third-order valence-electron chi connectivity index (χ3n) is 3.56. The fourth-order valence-corrected chi connectivity index (χ4v) is 4.05. The van der Waals surface area contributed by atoms with Crippen molar-refractivity contribution < 1.29 is 4.74 Å². The van der Waals surface area contributed by atoms with Gasteiger partial charge in [-0.15, -0.1) is 11.3 Å². The van der Waals surface area contributed by atoms with E-state index in [1.54, 1.807) is 11.3 Å². The summed E-state index contributed by atoms with van der Waals surface area (Å²) in [5.41, 5.74) is 3.99. The van der Waals surface area contributed by atoms with Crippen LogP contribution < -0.4 is 5.32 Å². The molecule has 1 aromatic heterocycles. The monoisotopic (exact) mass is 351 g/mol. The summed E-state index contributed by atoms with van der Waals surface area (Å²) in [6, 6.07) is 11.3. The molecule has 2 aromatic rings. The number of hydrogen-bond acceptors (Lipinski definition) is 3. The third-order valence-corrected chi connectivity index (χ3v) is 5.24. The van der Waals surface area contributed by atoms with Crippen LogP contribution in [0.1, 0.15) is 41.0 Å². The number of nitrogens with one attached hydrogen (secondary N) is 1. The minimum absolute atomic E-state index is 0.275. The molecule has 106 valence electrons. The molecule has 1 unspecified atom stereocenters. The fourth-order valence-electron chi connectivity index (χ4n) is 2.53. The van der Waals surface area contributed by atoms with Crippen LogP contribution in [0.5, 0.6) is 0 Å². The number of hydrogen-bond donors (Lipinski definition) is 1. The van der Waals surface area contributed by atoms with Gasteiger partial charge in [0.15, 0.2) is 0 Å². The molecule has 0 fully saturated rings. The SMILES string of the molecule is CCCNC(c1ccc2c(c1)COC2)c1ccc(Br)s1. The standard InChI is InChI=1S/C16H18BrNOS/c1-2-7-18-16(14-5-6-15(17)20-14)11-3-4-12-9-19-10-13(12)8-11/h3-6,8,16,18H,2,7,9-10H2,1H3. The highest BCUT2D eigenvalue weighted by Gasteiger charge is 2.18. The molecule has 0 spiro atoms. The number of fused-ring (bicyclic) bond motifs is 1.